The Hall–Kier alpha value is -3.31. The third-order valence-electron chi connectivity index (χ3n) is 4.48. The summed E-state index contributed by atoms with van der Waals surface area (Å²) in [6.07, 6.45) is 0. The highest BCUT2D eigenvalue weighted by Crippen LogP contribution is 2.22. The minimum Gasteiger partial charge on any atom is -0.351 e. The van der Waals surface area contributed by atoms with Gasteiger partial charge in [-0.1, -0.05) is 53.6 Å². The van der Waals surface area contributed by atoms with Crippen LogP contribution in [0.25, 0.3) is 10.4 Å². The summed E-state index contributed by atoms with van der Waals surface area (Å²) in [5.74, 6) is -0.541. The smallest absolute Gasteiger partial charge is 0.255 e. The number of carbonyl (C=O) groups excluding carboxylic acids is 2. The highest BCUT2D eigenvalue weighted by Gasteiger charge is 2.38. The van der Waals surface area contributed by atoms with Gasteiger partial charge in [0.2, 0.25) is 5.91 Å². The van der Waals surface area contributed by atoms with Gasteiger partial charge in [0.05, 0.1) is 0 Å². The molecule has 28 heavy (non-hydrogen) atoms. The molecule has 1 atom stereocenters. The third kappa shape index (κ3) is 5.34. The standard InChI is InChI=1S/C21H25N5O2/c1-16(14-23-25-22)24-20(28)21(2,3)26(15-17-10-6-4-7-11-17)19(27)18-12-8-5-9-13-18/h4-13,16H,14-15H2,1-3H3,(H,24,28)/t16-/m0/s1. The molecule has 146 valence electrons. The SMILES string of the molecule is C[C@@H](CN=[N+]=[N-])NC(=O)C(C)(C)N(Cc1ccccc1)C(=O)c1ccccc1. The second kappa shape index (κ2) is 9.58. The van der Waals surface area contributed by atoms with Crippen molar-refractivity contribution in [3.8, 4) is 0 Å². The summed E-state index contributed by atoms with van der Waals surface area (Å²) < 4.78 is 0. The molecule has 2 aromatic carbocycles. The number of rotatable bonds is 8. The topological polar surface area (TPSA) is 98.2 Å². The number of hydrogen-bond acceptors (Lipinski definition) is 3. The maximum absolute atomic E-state index is 13.2. The minimum absolute atomic E-state index is 0.142. The van der Waals surface area contributed by atoms with Crippen molar-refractivity contribution in [2.75, 3.05) is 6.54 Å². The fraction of sp³-hybridized carbons (Fsp3) is 0.333. The van der Waals surface area contributed by atoms with Gasteiger partial charge in [0.15, 0.2) is 0 Å². The summed E-state index contributed by atoms with van der Waals surface area (Å²) in [4.78, 5) is 30.5. The lowest BCUT2D eigenvalue weighted by molar-refractivity contribution is -0.131. The van der Waals surface area contributed by atoms with Gasteiger partial charge >= 0.3 is 0 Å². The molecular weight excluding hydrogens is 354 g/mol. The van der Waals surface area contributed by atoms with Gasteiger partial charge in [-0.3, -0.25) is 9.59 Å². The second-order valence-electron chi connectivity index (χ2n) is 7.09. The van der Waals surface area contributed by atoms with Crippen LogP contribution in [-0.4, -0.2) is 34.8 Å². The van der Waals surface area contributed by atoms with Crippen molar-refractivity contribution in [1.82, 2.24) is 10.2 Å². The Morgan fingerprint density at radius 2 is 1.68 bits per heavy atom. The zero-order valence-electron chi connectivity index (χ0n) is 16.4. The average molecular weight is 379 g/mol. The molecule has 0 aliphatic heterocycles. The van der Waals surface area contributed by atoms with Gasteiger partial charge in [-0.05, 0) is 44.0 Å². The molecular formula is C21H25N5O2. The monoisotopic (exact) mass is 379 g/mol. The highest BCUT2D eigenvalue weighted by atomic mass is 16.2. The van der Waals surface area contributed by atoms with Crippen LogP contribution in [-0.2, 0) is 11.3 Å². The van der Waals surface area contributed by atoms with Crippen LogP contribution < -0.4 is 5.32 Å². The first kappa shape index (κ1) is 21.0. The summed E-state index contributed by atoms with van der Waals surface area (Å²) >= 11 is 0. The molecule has 0 aliphatic carbocycles. The zero-order chi connectivity index (χ0) is 20.6. The molecule has 2 amide bonds. The van der Waals surface area contributed by atoms with Crippen LogP contribution in [0.5, 0.6) is 0 Å². The van der Waals surface area contributed by atoms with Crippen LogP contribution in [0.3, 0.4) is 0 Å². The molecule has 2 aromatic rings. The van der Waals surface area contributed by atoms with Crippen LogP contribution in [0, 0.1) is 0 Å². The molecule has 0 heterocycles. The Morgan fingerprint density at radius 1 is 1.11 bits per heavy atom. The van der Waals surface area contributed by atoms with E-state index in [0.717, 1.165) is 5.56 Å². The van der Waals surface area contributed by atoms with Gasteiger partial charge in [0.25, 0.3) is 5.91 Å². The van der Waals surface area contributed by atoms with Crippen molar-refractivity contribution < 1.29 is 9.59 Å². The molecule has 1 N–H and O–H groups in total. The average Bonchev–Trinajstić information content (AvgIpc) is 2.71. The Balaban J connectivity index is 2.31. The van der Waals surface area contributed by atoms with Crippen LogP contribution >= 0.6 is 0 Å². The van der Waals surface area contributed by atoms with Crippen molar-refractivity contribution in [2.45, 2.75) is 38.9 Å². The molecule has 2 rings (SSSR count). The van der Waals surface area contributed by atoms with E-state index in [1.807, 2.05) is 36.4 Å². The van der Waals surface area contributed by atoms with Gasteiger partial charge < -0.3 is 10.2 Å². The Labute approximate surface area is 165 Å². The van der Waals surface area contributed by atoms with Gasteiger partial charge in [-0.25, -0.2) is 0 Å². The quantitative estimate of drug-likeness (QED) is 0.427. The van der Waals surface area contributed by atoms with E-state index in [1.54, 1.807) is 49.9 Å². The zero-order valence-corrected chi connectivity index (χ0v) is 16.4. The van der Waals surface area contributed by atoms with Gasteiger partial charge in [-0.15, -0.1) is 0 Å². The summed E-state index contributed by atoms with van der Waals surface area (Å²) in [6, 6.07) is 18.1. The van der Waals surface area contributed by atoms with Crippen molar-refractivity contribution in [3.05, 3.63) is 82.2 Å². The number of carbonyl (C=O) groups is 2. The van der Waals surface area contributed by atoms with Crippen LogP contribution in [0.2, 0.25) is 0 Å². The van der Waals surface area contributed by atoms with Crippen molar-refractivity contribution >= 4 is 11.8 Å². The molecule has 0 saturated heterocycles. The summed E-state index contributed by atoms with van der Waals surface area (Å²) in [5.41, 5.74) is 8.78. The van der Waals surface area contributed by atoms with E-state index in [1.165, 1.54) is 0 Å². The largest absolute Gasteiger partial charge is 0.351 e. The van der Waals surface area contributed by atoms with Crippen LogP contribution in [0.1, 0.15) is 36.7 Å². The molecule has 0 fully saturated rings. The van der Waals surface area contributed by atoms with Gasteiger partial charge in [-0.2, -0.15) is 0 Å². The molecule has 7 heteroatoms. The molecule has 0 spiro atoms. The number of benzene rings is 2. The first-order valence-corrected chi connectivity index (χ1v) is 9.09. The summed E-state index contributed by atoms with van der Waals surface area (Å²) in [7, 11) is 0. The minimum atomic E-state index is -1.12. The molecule has 0 aromatic heterocycles. The molecule has 0 radical (unpaired) electrons. The van der Waals surface area contributed by atoms with Crippen molar-refractivity contribution in [2.24, 2.45) is 5.11 Å². The van der Waals surface area contributed by atoms with E-state index in [0.29, 0.717) is 12.1 Å². The van der Waals surface area contributed by atoms with E-state index < -0.39 is 5.54 Å². The maximum Gasteiger partial charge on any atom is 0.255 e. The number of amides is 2. The van der Waals surface area contributed by atoms with E-state index in [-0.39, 0.29) is 24.4 Å². The fourth-order valence-corrected chi connectivity index (χ4v) is 2.75. The fourth-order valence-electron chi connectivity index (χ4n) is 2.75. The lowest BCUT2D eigenvalue weighted by Crippen LogP contribution is -2.58. The van der Waals surface area contributed by atoms with Crippen LogP contribution in [0.4, 0.5) is 0 Å². The first-order chi connectivity index (χ1) is 13.4. The van der Waals surface area contributed by atoms with E-state index in [9.17, 15) is 9.59 Å². The van der Waals surface area contributed by atoms with Gasteiger partial charge in [0.1, 0.15) is 5.54 Å². The van der Waals surface area contributed by atoms with Crippen molar-refractivity contribution in [3.63, 3.8) is 0 Å². The number of hydrogen-bond donors (Lipinski definition) is 1. The normalized spacial score (nSPS) is 11.8. The predicted octanol–water partition coefficient (Wildman–Crippen LogP) is 3.92. The summed E-state index contributed by atoms with van der Waals surface area (Å²) in [6.45, 7) is 5.62. The Bertz CT molecular complexity index is 846. The first-order valence-electron chi connectivity index (χ1n) is 9.09. The number of azide groups is 1. The van der Waals surface area contributed by atoms with Crippen molar-refractivity contribution in [1.29, 1.82) is 0 Å². The number of nitrogens with zero attached hydrogens (tertiary/aromatic N) is 4. The predicted molar refractivity (Wildman–Crippen MR) is 108 cm³/mol. The number of nitrogens with one attached hydrogen (secondary N) is 1. The van der Waals surface area contributed by atoms with E-state index in [4.69, 9.17) is 5.53 Å². The second-order valence-corrected chi connectivity index (χ2v) is 7.09. The van der Waals surface area contributed by atoms with E-state index >= 15 is 0 Å². The lowest BCUT2D eigenvalue weighted by atomic mass is 9.98. The van der Waals surface area contributed by atoms with E-state index in [2.05, 4.69) is 15.3 Å². The maximum atomic E-state index is 13.2. The van der Waals surface area contributed by atoms with Crippen LogP contribution in [0.15, 0.2) is 65.8 Å². The Kier molecular flexibility index (Phi) is 7.18. The lowest BCUT2D eigenvalue weighted by Gasteiger charge is -2.38. The third-order valence-corrected chi connectivity index (χ3v) is 4.48. The molecule has 0 unspecified atom stereocenters. The molecule has 0 saturated carbocycles. The Morgan fingerprint density at radius 3 is 2.25 bits per heavy atom. The molecule has 7 nitrogen and oxygen atoms in total. The van der Waals surface area contributed by atoms with Gasteiger partial charge in [0, 0.05) is 29.6 Å². The molecule has 0 bridgehead atoms. The highest BCUT2D eigenvalue weighted by molar-refractivity contribution is 5.99. The molecule has 0 aliphatic rings. The summed E-state index contributed by atoms with van der Waals surface area (Å²) in [5, 5.41) is 6.32.